The van der Waals surface area contributed by atoms with E-state index in [-0.39, 0.29) is 23.9 Å². The average Bonchev–Trinajstić information content (AvgIpc) is 2.77. The molecule has 0 bridgehead atoms. The van der Waals surface area contributed by atoms with Gasteiger partial charge in [0, 0.05) is 5.56 Å². The maximum Gasteiger partial charge on any atom is 0.339 e. The summed E-state index contributed by atoms with van der Waals surface area (Å²) >= 11 is 0. The number of esters is 1. The van der Waals surface area contributed by atoms with Crippen LogP contribution < -0.4 is 9.47 Å². The molecule has 0 saturated carbocycles. The highest BCUT2D eigenvalue weighted by Gasteiger charge is 2.29. The quantitative estimate of drug-likeness (QED) is 0.757. The zero-order chi connectivity index (χ0) is 11.7. The van der Waals surface area contributed by atoms with E-state index >= 15 is 0 Å². The third kappa shape index (κ3) is 1.57. The number of benzene rings is 1. The Balaban J connectivity index is 2.43. The molecule has 0 aromatic heterocycles. The lowest BCUT2D eigenvalue weighted by atomic mass is 10.1. The van der Waals surface area contributed by atoms with E-state index in [0.29, 0.717) is 0 Å². The van der Waals surface area contributed by atoms with Gasteiger partial charge in [-0.05, 0) is 12.1 Å². The van der Waals surface area contributed by atoms with E-state index in [1.807, 2.05) is 0 Å². The van der Waals surface area contributed by atoms with Gasteiger partial charge in [-0.1, -0.05) is 0 Å². The number of methoxy groups -OCH3 is 1. The monoisotopic (exact) mass is 228 g/mol. The highest BCUT2D eigenvalue weighted by atomic mass is 19.1. The van der Waals surface area contributed by atoms with Crippen LogP contribution in [0.5, 0.6) is 11.5 Å². The van der Waals surface area contributed by atoms with Crippen molar-refractivity contribution in [1.82, 2.24) is 0 Å². The molecular weight excluding hydrogens is 219 g/mol. The van der Waals surface area contributed by atoms with Crippen molar-refractivity contribution in [2.75, 3.05) is 13.9 Å². The minimum absolute atomic E-state index is 0.0397. The normalized spacial score (nSPS) is 14.7. The summed E-state index contributed by atoms with van der Waals surface area (Å²) < 4.78 is 27.5. The van der Waals surface area contributed by atoms with Gasteiger partial charge in [0.25, 0.3) is 0 Å². The summed E-state index contributed by atoms with van der Waals surface area (Å²) in [5.41, 5.74) is 0.126. The number of ether oxygens (including phenoxy) is 3. The van der Waals surface area contributed by atoms with Gasteiger partial charge in [0.15, 0.2) is 17.7 Å². The van der Waals surface area contributed by atoms with Crippen LogP contribution in [0.15, 0.2) is 12.1 Å². The largest absolute Gasteiger partial charge is 0.467 e. The molecule has 1 atom stereocenters. The van der Waals surface area contributed by atoms with E-state index in [1.54, 1.807) is 0 Å². The number of aliphatic hydroxyl groups excluding tert-OH is 1. The van der Waals surface area contributed by atoms with Crippen LogP contribution in [-0.4, -0.2) is 25.0 Å². The van der Waals surface area contributed by atoms with Crippen LogP contribution in [0.25, 0.3) is 0 Å². The third-order valence-corrected chi connectivity index (χ3v) is 2.22. The number of halogens is 1. The molecule has 0 saturated heterocycles. The number of rotatable bonds is 2. The number of aliphatic hydroxyl groups is 1. The van der Waals surface area contributed by atoms with Crippen LogP contribution in [0.1, 0.15) is 11.7 Å². The maximum absolute atomic E-state index is 13.2. The second kappa shape index (κ2) is 3.97. The Morgan fingerprint density at radius 3 is 2.88 bits per heavy atom. The van der Waals surface area contributed by atoms with Gasteiger partial charge >= 0.3 is 5.97 Å². The summed E-state index contributed by atoms with van der Waals surface area (Å²) in [5, 5.41) is 9.61. The summed E-state index contributed by atoms with van der Waals surface area (Å²) in [7, 11) is 1.15. The number of carbonyl (C=O) groups excluding carboxylic acids is 1. The Bertz CT molecular complexity index is 431. The van der Waals surface area contributed by atoms with Crippen molar-refractivity contribution in [3.63, 3.8) is 0 Å². The molecule has 1 heterocycles. The van der Waals surface area contributed by atoms with Gasteiger partial charge in [0.05, 0.1) is 7.11 Å². The highest BCUT2D eigenvalue weighted by molar-refractivity contribution is 5.77. The van der Waals surface area contributed by atoms with Gasteiger partial charge in [-0.3, -0.25) is 0 Å². The Hall–Kier alpha value is -1.82. The average molecular weight is 228 g/mol. The molecule has 86 valence electrons. The number of hydrogen-bond donors (Lipinski definition) is 1. The first-order valence-electron chi connectivity index (χ1n) is 4.49. The van der Waals surface area contributed by atoms with Crippen LogP contribution in [0.3, 0.4) is 0 Å². The number of carbonyl (C=O) groups is 1. The molecule has 5 nitrogen and oxygen atoms in total. The lowest BCUT2D eigenvalue weighted by molar-refractivity contribution is -0.150. The minimum atomic E-state index is -1.51. The molecule has 6 heteroatoms. The van der Waals surface area contributed by atoms with Crippen LogP contribution >= 0.6 is 0 Å². The van der Waals surface area contributed by atoms with Crippen molar-refractivity contribution in [3.8, 4) is 11.5 Å². The first-order chi connectivity index (χ1) is 7.65. The fourth-order valence-electron chi connectivity index (χ4n) is 1.44. The molecule has 16 heavy (non-hydrogen) atoms. The molecule has 1 unspecified atom stereocenters. The minimum Gasteiger partial charge on any atom is -0.467 e. The van der Waals surface area contributed by atoms with Crippen molar-refractivity contribution in [1.29, 1.82) is 0 Å². The van der Waals surface area contributed by atoms with E-state index < -0.39 is 17.9 Å². The summed E-state index contributed by atoms with van der Waals surface area (Å²) in [6.45, 7) is -0.142. The summed E-state index contributed by atoms with van der Waals surface area (Å²) in [6, 6.07) is 2.35. The van der Waals surface area contributed by atoms with Gasteiger partial charge in [0.2, 0.25) is 12.5 Å². The zero-order valence-electron chi connectivity index (χ0n) is 8.40. The fraction of sp³-hybridized carbons (Fsp3) is 0.300. The molecule has 1 aliphatic rings. The van der Waals surface area contributed by atoms with E-state index in [4.69, 9.17) is 9.47 Å². The van der Waals surface area contributed by atoms with E-state index in [1.165, 1.54) is 6.07 Å². The summed E-state index contributed by atoms with van der Waals surface area (Å²) in [5.74, 6) is -1.50. The molecule has 0 aliphatic carbocycles. The number of fused-ring (bicyclic) bond motifs is 1. The molecule has 0 amide bonds. The molecule has 1 N–H and O–H groups in total. The lowest BCUT2D eigenvalue weighted by Gasteiger charge is -2.11. The Labute approximate surface area is 90.3 Å². The van der Waals surface area contributed by atoms with E-state index in [2.05, 4.69) is 4.74 Å². The molecule has 1 aromatic carbocycles. The summed E-state index contributed by atoms with van der Waals surface area (Å²) in [4.78, 5) is 11.1. The van der Waals surface area contributed by atoms with Crippen molar-refractivity contribution in [2.24, 2.45) is 0 Å². The van der Waals surface area contributed by atoms with Crippen molar-refractivity contribution >= 4 is 5.97 Å². The van der Waals surface area contributed by atoms with Crippen LogP contribution in [0.2, 0.25) is 0 Å². The van der Waals surface area contributed by atoms with Crippen molar-refractivity contribution in [3.05, 3.63) is 23.5 Å². The van der Waals surface area contributed by atoms with Crippen molar-refractivity contribution in [2.45, 2.75) is 6.10 Å². The maximum atomic E-state index is 13.2. The van der Waals surface area contributed by atoms with E-state index in [9.17, 15) is 14.3 Å². The van der Waals surface area contributed by atoms with Gasteiger partial charge in [-0.2, -0.15) is 0 Å². The standard InChI is InChI=1S/C10H9FO5/c1-14-10(13)7(12)5-2-3-6(11)9-8(5)15-4-16-9/h2-3,7,12H,4H2,1H3. The second-order valence-corrected chi connectivity index (χ2v) is 3.13. The number of hydrogen-bond acceptors (Lipinski definition) is 5. The zero-order valence-corrected chi connectivity index (χ0v) is 8.40. The molecular formula is C10H9FO5. The fourth-order valence-corrected chi connectivity index (χ4v) is 1.44. The van der Waals surface area contributed by atoms with Crippen molar-refractivity contribution < 1.29 is 28.5 Å². The van der Waals surface area contributed by atoms with Crippen LogP contribution in [-0.2, 0) is 9.53 Å². The summed E-state index contributed by atoms with van der Waals surface area (Å²) in [6.07, 6.45) is -1.51. The SMILES string of the molecule is COC(=O)C(O)c1ccc(F)c2c1OCO2. The van der Waals surface area contributed by atoms with Gasteiger partial charge in [-0.15, -0.1) is 0 Å². The molecule has 2 rings (SSSR count). The Morgan fingerprint density at radius 2 is 2.19 bits per heavy atom. The predicted molar refractivity (Wildman–Crippen MR) is 49.5 cm³/mol. The third-order valence-electron chi connectivity index (χ3n) is 2.22. The second-order valence-electron chi connectivity index (χ2n) is 3.13. The smallest absolute Gasteiger partial charge is 0.339 e. The molecule has 1 aromatic rings. The molecule has 0 spiro atoms. The van der Waals surface area contributed by atoms with Crippen LogP contribution in [0, 0.1) is 5.82 Å². The van der Waals surface area contributed by atoms with Gasteiger partial charge in [0.1, 0.15) is 0 Å². The Morgan fingerprint density at radius 1 is 1.50 bits per heavy atom. The highest BCUT2D eigenvalue weighted by Crippen LogP contribution is 2.40. The topological polar surface area (TPSA) is 65.0 Å². The van der Waals surface area contributed by atoms with Gasteiger partial charge in [-0.25, -0.2) is 9.18 Å². The predicted octanol–water partition coefficient (Wildman–Crippen LogP) is 0.761. The van der Waals surface area contributed by atoms with E-state index in [0.717, 1.165) is 13.2 Å². The van der Waals surface area contributed by atoms with Gasteiger partial charge < -0.3 is 19.3 Å². The first kappa shape index (κ1) is 10.7. The Kier molecular flexibility index (Phi) is 2.66. The van der Waals surface area contributed by atoms with Crippen LogP contribution in [0.4, 0.5) is 4.39 Å². The first-order valence-corrected chi connectivity index (χ1v) is 4.49. The molecule has 1 aliphatic heterocycles. The lowest BCUT2D eigenvalue weighted by Crippen LogP contribution is -2.14. The molecule has 0 fully saturated rings. The molecule has 0 radical (unpaired) electrons.